The highest BCUT2D eigenvalue weighted by Gasteiger charge is 2.08. The van der Waals surface area contributed by atoms with Crippen LogP contribution in [0.2, 0.25) is 0 Å². The van der Waals surface area contributed by atoms with Gasteiger partial charge in [0, 0.05) is 17.1 Å². The van der Waals surface area contributed by atoms with Gasteiger partial charge in [0.15, 0.2) is 6.61 Å². The van der Waals surface area contributed by atoms with Crippen LogP contribution in [0.25, 0.3) is 10.9 Å². The van der Waals surface area contributed by atoms with Crippen LogP contribution in [0.5, 0.6) is 5.75 Å². The highest BCUT2D eigenvalue weighted by Crippen LogP contribution is 2.21. The number of esters is 1. The van der Waals surface area contributed by atoms with Crippen molar-refractivity contribution >= 4 is 16.9 Å². The Morgan fingerprint density at radius 2 is 2.00 bits per heavy atom. The van der Waals surface area contributed by atoms with E-state index in [1.54, 1.807) is 6.07 Å². The highest BCUT2D eigenvalue weighted by molar-refractivity contribution is 5.83. The molecular weight excluding hydrogens is 333 g/mol. The number of hydrogen-bond donors (Lipinski definition) is 1. The fourth-order valence-corrected chi connectivity index (χ4v) is 2.85. The molecule has 1 heterocycles. The molecule has 0 aliphatic carbocycles. The van der Waals surface area contributed by atoms with Gasteiger partial charge in [0.05, 0.1) is 6.61 Å². The number of carbonyl (C=O) groups excluding carboxylic acids is 1. The molecule has 0 spiro atoms. The lowest BCUT2D eigenvalue weighted by molar-refractivity contribution is -0.146. The molecule has 3 rings (SSSR count). The van der Waals surface area contributed by atoms with Crippen molar-refractivity contribution in [3.8, 4) is 5.75 Å². The molecule has 0 amide bonds. The summed E-state index contributed by atoms with van der Waals surface area (Å²) in [5, 5.41) is 0.870. The van der Waals surface area contributed by atoms with Gasteiger partial charge in [0.25, 0.3) is 0 Å². The number of ether oxygens (including phenoxy) is 2. The smallest absolute Gasteiger partial charge is 0.344 e. The molecule has 26 heavy (non-hydrogen) atoms. The van der Waals surface area contributed by atoms with E-state index in [2.05, 4.69) is 4.98 Å². The second kappa shape index (κ2) is 8.04. The minimum absolute atomic E-state index is 0.109. The van der Waals surface area contributed by atoms with Crippen molar-refractivity contribution in [1.82, 2.24) is 4.98 Å². The summed E-state index contributed by atoms with van der Waals surface area (Å²) in [4.78, 5) is 14.9. The maximum Gasteiger partial charge on any atom is 0.344 e. The maximum atomic E-state index is 13.4. The quantitative estimate of drug-likeness (QED) is 0.502. The van der Waals surface area contributed by atoms with E-state index in [9.17, 15) is 9.18 Å². The van der Waals surface area contributed by atoms with Crippen LogP contribution in [0, 0.1) is 19.7 Å². The number of nitrogens with one attached hydrogen (secondary N) is 1. The predicted molar refractivity (Wildman–Crippen MR) is 98.9 cm³/mol. The van der Waals surface area contributed by atoms with Gasteiger partial charge in [-0.1, -0.05) is 12.1 Å². The predicted octanol–water partition coefficient (Wildman–Crippen LogP) is 4.48. The standard InChI is InChI=1S/C21H22FNO3/c1-14-5-6-15(2)20(10-14)26-13-21(24)25-9-3-4-16-12-23-19-8-7-17(22)11-18(16)19/h5-8,10-12,23H,3-4,9,13H2,1-2H3. The zero-order chi connectivity index (χ0) is 18.5. The van der Waals surface area contributed by atoms with Crippen LogP contribution in [0.4, 0.5) is 4.39 Å². The molecule has 0 atom stereocenters. The first kappa shape index (κ1) is 18.0. The molecule has 0 fully saturated rings. The summed E-state index contributed by atoms with van der Waals surface area (Å²) < 4.78 is 24.1. The van der Waals surface area contributed by atoms with Gasteiger partial charge in [-0.05, 0) is 67.6 Å². The van der Waals surface area contributed by atoms with Crippen molar-refractivity contribution in [2.45, 2.75) is 26.7 Å². The van der Waals surface area contributed by atoms with E-state index in [0.29, 0.717) is 25.2 Å². The van der Waals surface area contributed by atoms with E-state index in [1.165, 1.54) is 12.1 Å². The van der Waals surface area contributed by atoms with Gasteiger partial charge in [-0.15, -0.1) is 0 Å². The summed E-state index contributed by atoms with van der Waals surface area (Å²) in [5.74, 6) is 0.0482. The third kappa shape index (κ3) is 4.42. The van der Waals surface area contributed by atoms with Crippen LogP contribution in [0.15, 0.2) is 42.6 Å². The van der Waals surface area contributed by atoms with Gasteiger partial charge in [-0.2, -0.15) is 0 Å². The summed E-state index contributed by atoms with van der Waals surface area (Å²) in [6.07, 6.45) is 3.24. The monoisotopic (exact) mass is 355 g/mol. The SMILES string of the molecule is Cc1ccc(C)c(OCC(=O)OCCCc2c[nH]c3ccc(F)cc23)c1. The molecule has 1 aromatic heterocycles. The zero-order valence-corrected chi connectivity index (χ0v) is 15.0. The molecule has 0 unspecified atom stereocenters. The zero-order valence-electron chi connectivity index (χ0n) is 15.0. The average Bonchev–Trinajstić information content (AvgIpc) is 3.01. The van der Waals surface area contributed by atoms with Crippen molar-refractivity contribution in [3.05, 3.63) is 65.1 Å². The number of halogens is 1. The Kier molecular flexibility index (Phi) is 5.56. The van der Waals surface area contributed by atoms with E-state index in [0.717, 1.165) is 27.6 Å². The molecule has 0 saturated carbocycles. The molecular formula is C21H22FNO3. The average molecular weight is 355 g/mol. The van der Waals surface area contributed by atoms with Crippen LogP contribution in [0.1, 0.15) is 23.1 Å². The number of benzene rings is 2. The molecule has 0 aliphatic heterocycles. The van der Waals surface area contributed by atoms with Crippen LogP contribution in [-0.2, 0) is 16.0 Å². The first-order valence-corrected chi connectivity index (χ1v) is 8.64. The van der Waals surface area contributed by atoms with Crippen molar-refractivity contribution in [2.75, 3.05) is 13.2 Å². The highest BCUT2D eigenvalue weighted by atomic mass is 19.1. The van der Waals surface area contributed by atoms with Crippen molar-refractivity contribution in [2.24, 2.45) is 0 Å². The first-order chi connectivity index (χ1) is 12.5. The molecule has 136 valence electrons. The van der Waals surface area contributed by atoms with E-state index in [4.69, 9.17) is 9.47 Å². The largest absolute Gasteiger partial charge is 0.482 e. The summed E-state index contributed by atoms with van der Waals surface area (Å²) in [5.41, 5.74) is 3.98. The fourth-order valence-electron chi connectivity index (χ4n) is 2.85. The van der Waals surface area contributed by atoms with Crippen molar-refractivity contribution in [3.63, 3.8) is 0 Å². The molecule has 0 bridgehead atoms. The number of carbonyl (C=O) groups is 1. The summed E-state index contributed by atoms with van der Waals surface area (Å²) in [7, 11) is 0. The van der Waals surface area contributed by atoms with Crippen molar-refractivity contribution < 1.29 is 18.7 Å². The van der Waals surface area contributed by atoms with Gasteiger partial charge in [0.2, 0.25) is 0 Å². The van der Waals surface area contributed by atoms with Crippen LogP contribution < -0.4 is 4.74 Å². The summed E-state index contributed by atoms with van der Waals surface area (Å²) in [6.45, 7) is 4.10. The fraction of sp³-hybridized carbons (Fsp3) is 0.286. The van der Waals surface area contributed by atoms with Gasteiger partial charge in [0.1, 0.15) is 11.6 Å². The minimum Gasteiger partial charge on any atom is -0.482 e. The van der Waals surface area contributed by atoms with Gasteiger partial charge in [-0.25, -0.2) is 9.18 Å². The van der Waals surface area contributed by atoms with E-state index >= 15 is 0 Å². The Balaban J connectivity index is 1.43. The number of rotatable bonds is 7. The van der Waals surface area contributed by atoms with Crippen LogP contribution in [0.3, 0.4) is 0 Å². The summed E-state index contributed by atoms with van der Waals surface area (Å²) in [6, 6.07) is 10.5. The number of aryl methyl sites for hydroxylation is 3. The lowest BCUT2D eigenvalue weighted by atomic mass is 10.1. The molecule has 5 heteroatoms. The lowest BCUT2D eigenvalue weighted by Crippen LogP contribution is -2.16. The molecule has 4 nitrogen and oxygen atoms in total. The summed E-state index contributed by atoms with van der Waals surface area (Å²) >= 11 is 0. The molecule has 0 saturated heterocycles. The lowest BCUT2D eigenvalue weighted by Gasteiger charge is -2.10. The molecule has 1 N–H and O–H groups in total. The third-order valence-corrected chi connectivity index (χ3v) is 4.27. The Labute approximate surface area is 151 Å². The second-order valence-corrected chi connectivity index (χ2v) is 6.39. The van der Waals surface area contributed by atoms with Gasteiger partial charge < -0.3 is 14.5 Å². The van der Waals surface area contributed by atoms with Crippen molar-refractivity contribution in [1.29, 1.82) is 0 Å². The Hall–Kier alpha value is -2.82. The number of H-pyrrole nitrogens is 1. The Morgan fingerprint density at radius 1 is 1.15 bits per heavy atom. The topological polar surface area (TPSA) is 51.3 Å². The van der Waals surface area contributed by atoms with E-state index in [1.807, 2.05) is 38.2 Å². The number of aromatic amines is 1. The number of hydrogen-bond acceptors (Lipinski definition) is 3. The Bertz CT molecular complexity index is 917. The molecule has 2 aromatic carbocycles. The van der Waals surface area contributed by atoms with Crippen LogP contribution >= 0.6 is 0 Å². The van der Waals surface area contributed by atoms with E-state index < -0.39 is 5.97 Å². The van der Waals surface area contributed by atoms with Gasteiger partial charge in [-0.3, -0.25) is 0 Å². The second-order valence-electron chi connectivity index (χ2n) is 6.39. The van der Waals surface area contributed by atoms with Crippen LogP contribution in [-0.4, -0.2) is 24.2 Å². The maximum absolute atomic E-state index is 13.4. The first-order valence-electron chi connectivity index (χ1n) is 8.64. The third-order valence-electron chi connectivity index (χ3n) is 4.27. The minimum atomic E-state index is -0.393. The van der Waals surface area contributed by atoms with E-state index in [-0.39, 0.29) is 12.4 Å². The number of fused-ring (bicyclic) bond motifs is 1. The van der Waals surface area contributed by atoms with Gasteiger partial charge >= 0.3 is 5.97 Å². The normalized spacial score (nSPS) is 10.9. The Morgan fingerprint density at radius 3 is 2.85 bits per heavy atom. The molecule has 3 aromatic rings. The number of aromatic nitrogens is 1. The molecule has 0 aliphatic rings. The molecule has 0 radical (unpaired) electrons.